The van der Waals surface area contributed by atoms with Crippen molar-refractivity contribution in [3.05, 3.63) is 71.5 Å². The van der Waals surface area contributed by atoms with Gasteiger partial charge in [0.1, 0.15) is 11.3 Å². The van der Waals surface area contributed by atoms with Crippen molar-refractivity contribution in [1.82, 2.24) is 5.32 Å². The maximum atomic E-state index is 5.87. The van der Waals surface area contributed by atoms with E-state index in [2.05, 4.69) is 55.6 Å². The van der Waals surface area contributed by atoms with E-state index < -0.39 is 0 Å². The van der Waals surface area contributed by atoms with Crippen LogP contribution in [0, 0.1) is 6.92 Å². The molecule has 0 bridgehead atoms. The van der Waals surface area contributed by atoms with Crippen LogP contribution in [-0.4, -0.2) is 0 Å². The van der Waals surface area contributed by atoms with Crippen LogP contribution in [0.1, 0.15) is 29.9 Å². The zero-order chi connectivity index (χ0) is 13.9. The third-order valence-corrected chi connectivity index (χ3v) is 3.60. The van der Waals surface area contributed by atoms with Crippen molar-refractivity contribution in [3.8, 4) is 0 Å². The van der Waals surface area contributed by atoms with Crippen LogP contribution in [0.15, 0.2) is 59.0 Å². The molecule has 0 saturated carbocycles. The van der Waals surface area contributed by atoms with Crippen molar-refractivity contribution in [2.24, 2.45) is 0 Å². The molecule has 3 aromatic rings. The van der Waals surface area contributed by atoms with Crippen molar-refractivity contribution in [1.29, 1.82) is 0 Å². The molecule has 2 heteroatoms. The summed E-state index contributed by atoms with van der Waals surface area (Å²) in [5, 5.41) is 4.66. The predicted octanol–water partition coefficient (Wildman–Crippen LogP) is 4.59. The molecule has 1 aromatic heterocycles. The van der Waals surface area contributed by atoms with Crippen LogP contribution < -0.4 is 5.32 Å². The van der Waals surface area contributed by atoms with Crippen molar-refractivity contribution in [2.75, 3.05) is 0 Å². The van der Waals surface area contributed by atoms with E-state index in [0.717, 1.165) is 23.3 Å². The molecule has 0 aliphatic carbocycles. The van der Waals surface area contributed by atoms with Crippen molar-refractivity contribution >= 4 is 11.0 Å². The predicted molar refractivity (Wildman–Crippen MR) is 82.6 cm³/mol. The number of fused-ring (bicyclic) bond motifs is 1. The third-order valence-electron chi connectivity index (χ3n) is 3.60. The average Bonchev–Trinajstić information content (AvgIpc) is 2.90. The Morgan fingerprint density at radius 3 is 2.55 bits per heavy atom. The van der Waals surface area contributed by atoms with Gasteiger partial charge in [0, 0.05) is 11.9 Å². The molecule has 3 rings (SSSR count). The lowest BCUT2D eigenvalue weighted by atomic mass is 10.1. The fourth-order valence-electron chi connectivity index (χ4n) is 2.29. The molecule has 0 aliphatic heterocycles. The summed E-state index contributed by atoms with van der Waals surface area (Å²) in [6.07, 6.45) is 0. The quantitative estimate of drug-likeness (QED) is 0.746. The molecule has 1 heterocycles. The molecule has 0 fully saturated rings. The lowest BCUT2D eigenvalue weighted by Crippen LogP contribution is -2.17. The summed E-state index contributed by atoms with van der Waals surface area (Å²) in [5.41, 5.74) is 3.53. The molecule has 1 unspecified atom stereocenters. The molecule has 1 N–H and O–H groups in total. The number of benzene rings is 2. The molecular formula is C18H19NO. The molecule has 0 amide bonds. The van der Waals surface area contributed by atoms with E-state index in [9.17, 15) is 0 Å². The lowest BCUT2D eigenvalue weighted by Gasteiger charge is -2.11. The summed E-state index contributed by atoms with van der Waals surface area (Å²) < 4.78 is 5.87. The van der Waals surface area contributed by atoms with E-state index in [0.29, 0.717) is 0 Å². The molecule has 2 nitrogen and oxygen atoms in total. The zero-order valence-corrected chi connectivity index (χ0v) is 11.9. The number of furan rings is 1. The van der Waals surface area contributed by atoms with Gasteiger partial charge in [-0.15, -0.1) is 0 Å². The highest BCUT2D eigenvalue weighted by molar-refractivity contribution is 5.77. The van der Waals surface area contributed by atoms with E-state index in [1.54, 1.807) is 0 Å². The van der Waals surface area contributed by atoms with Crippen LogP contribution in [-0.2, 0) is 6.54 Å². The van der Waals surface area contributed by atoms with E-state index >= 15 is 0 Å². The number of aryl methyl sites for hydroxylation is 1. The standard InChI is InChI=1S/C18H19NO/c1-13-7-9-15(10-8-13)12-19-14(2)18-11-16-5-3-4-6-17(16)20-18/h3-11,14,19H,12H2,1-2H3. The van der Waals surface area contributed by atoms with E-state index in [4.69, 9.17) is 4.42 Å². The molecule has 1 atom stereocenters. The first-order valence-electron chi connectivity index (χ1n) is 7.00. The molecule has 0 saturated heterocycles. The third kappa shape index (κ3) is 2.75. The summed E-state index contributed by atoms with van der Waals surface area (Å²) in [7, 11) is 0. The van der Waals surface area contributed by atoms with E-state index in [-0.39, 0.29) is 6.04 Å². The van der Waals surface area contributed by atoms with Crippen LogP contribution in [0.4, 0.5) is 0 Å². The Hall–Kier alpha value is -2.06. The smallest absolute Gasteiger partial charge is 0.134 e. The maximum absolute atomic E-state index is 5.87. The lowest BCUT2D eigenvalue weighted by molar-refractivity contribution is 0.451. The first kappa shape index (κ1) is 12.9. The van der Waals surface area contributed by atoms with Crippen molar-refractivity contribution in [2.45, 2.75) is 26.4 Å². The van der Waals surface area contributed by atoms with Gasteiger partial charge in [-0.2, -0.15) is 0 Å². The number of hydrogen-bond donors (Lipinski definition) is 1. The van der Waals surface area contributed by atoms with Crippen LogP contribution in [0.3, 0.4) is 0 Å². The van der Waals surface area contributed by atoms with Crippen LogP contribution in [0.25, 0.3) is 11.0 Å². The van der Waals surface area contributed by atoms with Crippen LogP contribution in [0.2, 0.25) is 0 Å². The van der Waals surface area contributed by atoms with Crippen LogP contribution >= 0.6 is 0 Å². The van der Waals surface area contributed by atoms with Gasteiger partial charge in [-0.25, -0.2) is 0 Å². The number of hydrogen-bond acceptors (Lipinski definition) is 2. The van der Waals surface area contributed by atoms with Gasteiger partial charge >= 0.3 is 0 Å². The Morgan fingerprint density at radius 1 is 1.05 bits per heavy atom. The monoisotopic (exact) mass is 265 g/mol. The van der Waals surface area contributed by atoms with Crippen LogP contribution in [0.5, 0.6) is 0 Å². The summed E-state index contributed by atoms with van der Waals surface area (Å²) in [4.78, 5) is 0. The largest absolute Gasteiger partial charge is 0.459 e. The van der Waals surface area contributed by atoms with Gasteiger partial charge in [0.25, 0.3) is 0 Å². The fraction of sp³-hybridized carbons (Fsp3) is 0.222. The first-order valence-corrected chi connectivity index (χ1v) is 7.00. The fourth-order valence-corrected chi connectivity index (χ4v) is 2.29. The minimum absolute atomic E-state index is 0.198. The van der Waals surface area contributed by atoms with Gasteiger partial charge in [-0.05, 0) is 31.5 Å². The van der Waals surface area contributed by atoms with Gasteiger partial charge < -0.3 is 9.73 Å². The Labute approximate surface area is 119 Å². The number of nitrogens with one attached hydrogen (secondary N) is 1. The van der Waals surface area contributed by atoms with Crippen molar-refractivity contribution < 1.29 is 4.42 Å². The first-order chi connectivity index (χ1) is 9.72. The zero-order valence-electron chi connectivity index (χ0n) is 11.9. The highest BCUT2D eigenvalue weighted by Crippen LogP contribution is 2.23. The van der Waals surface area contributed by atoms with E-state index in [1.165, 1.54) is 11.1 Å². The van der Waals surface area contributed by atoms with Gasteiger partial charge in [0.15, 0.2) is 0 Å². The maximum Gasteiger partial charge on any atom is 0.134 e. The number of rotatable bonds is 4. The highest BCUT2D eigenvalue weighted by Gasteiger charge is 2.10. The normalized spacial score (nSPS) is 12.7. The second kappa shape index (κ2) is 5.51. The molecular weight excluding hydrogens is 246 g/mol. The number of para-hydroxylation sites is 1. The average molecular weight is 265 g/mol. The molecule has 0 radical (unpaired) electrons. The molecule has 20 heavy (non-hydrogen) atoms. The molecule has 0 aliphatic rings. The summed E-state index contributed by atoms with van der Waals surface area (Å²) >= 11 is 0. The molecule has 2 aromatic carbocycles. The van der Waals surface area contributed by atoms with Gasteiger partial charge in [-0.3, -0.25) is 0 Å². The van der Waals surface area contributed by atoms with E-state index in [1.807, 2.05) is 18.2 Å². The Kier molecular flexibility index (Phi) is 3.57. The highest BCUT2D eigenvalue weighted by atomic mass is 16.3. The van der Waals surface area contributed by atoms with Gasteiger partial charge in [0.2, 0.25) is 0 Å². The van der Waals surface area contributed by atoms with Gasteiger partial charge in [-0.1, -0.05) is 48.0 Å². The topological polar surface area (TPSA) is 25.2 Å². The van der Waals surface area contributed by atoms with Crippen molar-refractivity contribution in [3.63, 3.8) is 0 Å². The summed E-state index contributed by atoms with van der Waals surface area (Å²) in [6, 6.07) is 19.0. The summed E-state index contributed by atoms with van der Waals surface area (Å²) in [6.45, 7) is 5.08. The molecule has 0 spiro atoms. The minimum atomic E-state index is 0.198. The molecule has 102 valence electrons. The Bertz CT molecular complexity index is 664. The minimum Gasteiger partial charge on any atom is -0.459 e. The Balaban J connectivity index is 1.69. The second-order valence-corrected chi connectivity index (χ2v) is 5.27. The second-order valence-electron chi connectivity index (χ2n) is 5.27. The Morgan fingerprint density at radius 2 is 1.80 bits per heavy atom. The summed E-state index contributed by atoms with van der Waals surface area (Å²) in [5.74, 6) is 0.985. The van der Waals surface area contributed by atoms with Gasteiger partial charge in [0.05, 0.1) is 6.04 Å². The SMILES string of the molecule is Cc1ccc(CNC(C)c2cc3ccccc3o2)cc1.